The van der Waals surface area contributed by atoms with Crippen molar-refractivity contribution in [1.82, 2.24) is 0 Å². The first-order valence-corrected chi connectivity index (χ1v) is 6.86. The molecule has 0 spiro atoms. The Hall–Kier alpha value is -1.80. The summed E-state index contributed by atoms with van der Waals surface area (Å²) in [5.74, 6) is 0.665. The van der Waals surface area contributed by atoms with Crippen LogP contribution in [0.5, 0.6) is 0 Å². The van der Waals surface area contributed by atoms with Crippen LogP contribution in [-0.4, -0.2) is 24.8 Å². The van der Waals surface area contributed by atoms with Gasteiger partial charge in [-0.25, -0.2) is 0 Å². The van der Waals surface area contributed by atoms with Crippen LogP contribution in [0.1, 0.15) is 17.0 Å². The van der Waals surface area contributed by atoms with E-state index in [2.05, 4.69) is 59.5 Å². The van der Waals surface area contributed by atoms with Gasteiger partial charge < -0.3 is 10.0 Å². The molecule has 3 rings (SSSR count). The van der Waals surface area contributed by atoms with Crippen LogP contribution in [0.2, 0.25) is 0 Å². The molecule has 1 fully saturated rings. The first-order valence-electron chi connectivity index (χ1n) is 6.86. The van der Waals surface area contributed by atoms with Gasteiger partial charge in [0.2, 0.25) is 0 Å². The molecule has 0 amide bonds. The van der Waals surface area contributed by atoms with Crippen LogP contribution in [0.15, 0.2) is 54.6 Å². The molecule has 2 heteroatoms. The van der Waals surface area contributed by atoms with Crippen LogP contribution < -0.4 is 4.90 Å². The van der Waals surface area contributed by atoms with Crippen LogP contribution in [-0.2, 0) is 6.42 Å². The Morgan fingerprint density at radius 2 is 1.63 bits per heavy atom. The minimum atomic E-state index is 0.221. The Balaban J connectivity index is 1.61. The molecule has 0 aliphatic carbocycles. The Morgan fingerprint density at radius 1 is 0.947 bits per heavy atom. The summed E-state index contributed by atoms with van der Waals surface area (Å²) in [6.07, 6.45) is 0.743. The maximum Gasteiger partial charge on any atom is 0.0471 e. The molecule has 98 valence electrons. The van der Waals surface area contributed by atoms with Gasteiger partial charge in [-0.3, -0.25) is 0 Å². The van der Waals surface area contributed by atoms with Gasteiger partial charge >= 0.3 is 0 Å². The van der Waals surface area contributed by atoms with E-state index in [1.54, 1.807) is 0 Å². The summed E-state index contributed by atoms with van der Waals surface area (Å²) in [5, 5.41) is 8.91. The Bertz CT molecular complexity index is 515. The number of anilines is 1. The molecule has 0 saturated carbocycles. The maximum absolute atomic E-state index is 8.91. The van der Waals surface area contributed by atoms with Crippen LogP contribution in [0.4, 0.5) is 5.69 Å². The van der Waals surface area contributed by atoms with Crippen molar-refractivity contribution in [2.24, 2.45) is 0 Å². The van der Waals surface area contributed by atoms with Gasteiger partial charge in [0.1, 0.15) is 0 Å². The molecule has 0 aromatic heterocycles. The van der Waals surface area contributed by atoms with Gasteiger partial charge in [0.15, 0.2) is 0 Å². The van der Waals surface area contributed by atoms with Gasteiger partial charge in [-0.2, -0.15) is 0 Å². The lowest BCUT2D eigenvalue weighted by molar-refractivity contribution is 0.299. The van der Waals surface area contributed by atoms with Gasteiger partial charge in [0, 0.05) is 31.3 Å². The zero-order chi connectivity index (χ0) is 13.1. The fraction of sp³-hybridized carbons (Fsp3) is 0.294. The Kier molecular flexibility index (Phi) is 3.51. The maximum atomic E-state index is 8.91. The number of rotatable bonds is 4. The predicted molar refractivity (Wildman–Crippen MR) is 78.6 cm³/mol. The molecule has 1 heterocycles. The van der Waals surface area contributed by atoms with E-state index in [9.17, 15) is 0 Å². The summed E-state index contributed by atoms with van der Waals surface area (Å²) in [7, 11) is 0. The number of benzene rings is 2. The highest BCUT2D eigenvalue weighted by atomic mass is 16.2. The highest BCUT2D eigenvalue weighted by Gasteiger charge is 2.27. The van der Waals surface area contributed by atoms with Crippen molar-refractivity contribution in [3.63, 3.8) is 0 Å². The quantitative estimate of drug-likeness (QED) is 0.905. The normalized spacial score (nSPS) is 15.3. The third-order valence-electron chi connectivity index (χ3n) is 3.85. The zero-order valence-corrected chi connectivity index (χ0v) is 11.0. The van der Waals surface area contributed by atoms with Gasteiger partial charge in [-0.15, -0.1) is 0 Å². The van der Waals surface area contributed by atoms with Crippen molar-refractivity contribution in [3.05, 3.63) is 65.7 Å². The Morgan fingerprint density at radius 3 is 2.26 bits per heavy atom. The molecule has 0 bridgehead atoms. The average molecular weight is 253 g/mol. The van der Waals surface area contributed by atoms with E-state index >= 15 is 0 Å². The summed E-state index contributed by atoms with van der Waals surface area (Å²) < 4.78 is 0. The first kappa shape index (κ1) is 12.2. The molecule has 1 aliphatic heterocycles. The summed E-state index contributed by atoms with van der Waals surface area (Å²) in [6.45, 7) is 2.42. The second kappa shape index (κ2) is 5.45. The van der Waals surface area contributed by atoms with E-state index in [0.29, 0.717) is 5.92 Å². The standard InChI is InChI=1S/C17H19NO/c19-11-10-14-6-8-17(9-7-14)18-12-16(13-18)15-4-2-1-3-5-15/h1-9,16,19H,10-13H2. The minimum absolute atomic E-state index is 0.221. The molecule has 0 unspecified atom stereocenters. The first-order chi connectivity index (χ1) is 9.36. The number of aliphatic hydroxyl groups is 1. The van der Waals surface area contributed by atoms with E-state index in [-0.39, 0.29) is 6.61 Å². The van der Waals surface area contributed by atoms with Gasteiger partial charge in [0.05, 0.1) is 0 Å². The summed E-state index contributed by atoms with van der Waals surface area (Å²) in [5.41, 5.74) is 3.93. The van der Waals surface area contributed by atoms with Crippen LogP contribution >= 0.6 is 0 Å². The van der Waals surface area contributed by atoms with Crippen molar-refractivity contribution < 1.29 is 5.11 Å². The van der Waals surface area contributed by atoms with Crippen LogP contribution in [0.25, 0.3) is 0 Å². The lowest BCUT2D eigenvalue weighted by atomic mass is 9.91. The van der Waals surface area contributed by atoms with Crippen molar-refractivity contribution in [3.8, 4) is 0 Å². The van der Waals surface area contributed by atoms with E-state index in [1.165, 1.54) is 16.8 Å². The SMILES string of the molecule is OCCc1ccc(N2CC(c3ccccc3)C2)cc1. The molecule has 1 N–H and O–H groups in total. The number of nitrogens with zero attached hydrogens (tertiary/aromatic N) is 1. The number of hydrogen-bond donors (Lipinski definition) is 1. The van der Waals surface area contributed by atoms with Crippen molar-refractivity contribution in [2.75, 3.05) is 24.6 Å². The molecule has 2 nitrogen and oxygen atoms in total. The van der Waals surface area contributed by atoms with E-state index in [4.69, 9.17) is 5.11 Å². The number of hydrogen-bond acceptors (Lipinski definition) is 2. The van der Waals surface area contributed by atoms with Crippen LogP contribution in [0, 0.1) is 0 Å². The molecule has 1 aliphatic rings. The highest BCUT2D eigenvalue weighted by Crippen LogP contribution is 2.31. The van der Waals surface area contributed by atoms with E-state index < -0.39 is 0 Å². The molecular weight excluding hydrogens is 234 g/mol. The van der Waals surface area contributed by atoms with Gasteiger partial charge in [-0.05, 0) is 29.7 Å². The van der Waals surface area contributed by atoms with Gasteiger partial charge in [-0.1, -0.05) is 42.5 Å². The topological polar surface area (TPSA) is 23.5 Å². The fourth-order valence-electron chi connectivity index (χ4n) is 2.63. The van der Waals surface area contributed by atoms with E-state index in [0.717, 1.165) is 19.5 Å². The van der Waals surface area contributed by atoms with Crippen molar-refractivity contribution >= 4 is 5.69 Å². The molecule has 0 radical (unpaired) electrons. The van der Waals surface area contributed by atoms with Crippen molar-refractivity contribution in [2.45, 2.75) is 12.3 Å². The molecule has 2 aromatic carbocycles. The summed E-state index contributed by atoms with van der Waals surface area (Å²) >= 11 is 0. The fourth-order valence-corrected chi connectivity index (χ4v) is 2.63. The molecule has 2 aromatic rings. The minimum Gasteiger partial charge on any atom is -0.396 e. The van der Waals surface area contributed by atoms with Gasteiger partial charge in [0.25, 0.3) is 0 Å². The third-order valence-corrected chi connectivity index (χ3v) is 3.85. The summed E-state index contributed by atoms with van der Waals surface area (Å²) in [4.78, 5) is 2.40. The predicted octanol–water partition coefficient (Wildman–Crippen LogP) is 2.83. The third kappa shape index (κ3) is 2.64. The molecule has 19 heavy (non-hydrogen) atoms. The monoisotopic (exact) mass is 253 g/mol. The smallest absolute Gasteiger partial charge is 0.0471 e. The lowest BCUT2D eigenvalue weighted by Crippen LogP contribution is -2.44. The van der Waals surface area contributed by atoms with Crippen molar-refractivity contribution in [1.29, 1.82) is 0 Å². The second-order valence-electron chi connectivity index (χ2n) is 5.15. The molecular formula is C17H19NO. The average Bonchev–Trinajstić information content (AvgIpc) is 2.41. The highest BCUT2D eigenvalue weighted by molar-refractivity contribution is 5.51. The summed E-state index contributed by atoms with van der Waals surface area (Å²) in [6, 6.07) is 19.3. The Labute approximate surface area is 114 Å². The lowest BCUT2D eigenvalue weighted by Gasteiger charge is -2.41. The zero-order valence-electron chi connectivity index (χ0n) is 11.0. The van der Waals surface area contributed by atoms with Crippen LogP contribution in [0.3, 0.4) is 0 Å². The molecule has 1 saturated heterocycles. The second-order valence-corrected chi connectivity index (χ2v) is 5.15. The number of aliphatic hydroxyl groups excluding tert-OH is 1. The molecule has 0 atom stereocenters. The largest absolute Gasteiger partial charge is 0.396 e. The van der Waals surface area contributed by atoms with E-state index in [1.807, 2.05) is 0 Å².